The summed E-state index contributed by atoms with van der Waals surface area (Å²) in [5, 5.41) is 3.64. The number of morpholine rings is 1. The van der Waals surface area contributed by atoms with E-state index in [0.29, 0.717) is 11.9 Å². The molecule has 7 nitrogen and oxygen atoms in total. The van der Waals surface area contributed by atoms with Gasteiger partial charge in [0.2, 0.25) is 0 Å². The number of ether oxygens (including phenoxy) is 1. The number of rotatable bonds is 5. The molecule has 1 atom stereocenters. The lowest BCUT2D eigenvalue weighted by Gasteiger charge is -2.33. The summed E-state index contributed by atoms with van der Waals surface area (Å²) in [6.07, 6.45) is 5.40. The van der Waals surface area contributed by atoms with E-state index in [1.807, 2.05) is 0 Å². The Morgan fingerprint density at radius 1 is 1.15 bits per heavy atom. The normalized spacial score (nSPS) is 20.7. The minimum absolute atomic E-state index is 0.114. The summed E-state index contributed by atoms with van der Waals surface area (Å²) in [6, 6.07) is 9.15. The van der Waals surface area contributed by atoms with E-state index in [4.69, 9.17) is 4.74 Å². The summed E-state index contributed by atoms with van der Waals surface area (Å²) in [7, 11) is 0. The number of benzene rings is 1. The molecule has 144 valence electrons. The van der Waals surface area contributed by atoms with Crippen molar-refractivity contribution in [2.45, 2.75) is 25.4 Å². The van der Waals surface area contributed by atoms with Crippen molar-refractivity contribution in [3.63, 3.8) is 0 Å². The van der Waals surface area contributed by atoms with Crippen LogP contribution >= 0.6 is 0 Å². The van der Waals surface area contributed by atoms with Crippen LogP contribution in [0, 0.1) is 0 Å². The first-order valence-corrected chi connectivity index (χ1v) is 9.73. The van der Waals surface area contributed by atoms with Crippen LogP contribution in [0.3, 0.4) is 0 Å². The highest BCUT2D eigenvalue weighted by Crippen LogP contribution is 2.18. The number of anilines is 2. The van der Waals surface area contributed by atoms with Gasteiger partial charge in [-0.05, 0) is 30.5 Å². The van der Waals surface area contributed by atoms with Crippen molar-refractivity contribution in [1.82, 2.24) is 15.3 Å². The smallest absolute Gasteiger partial charge is 0.290 e. The van der Waals surface area contributed by atoms with Crippen molar-refractivity contribution in [2.24, 2.45) is 0 Å². The Balaban J connectivity index is 1.31. The molecule has 3 heterocycles. The maximum absolute atomic E-state index is 12.0. The summed E-state index contributed by atoms with van der Waals surface area (Å²) < 4.78 is 5.42. The molecule has 4 rings (SSSR count). The Morgan fingerprint density at radius 2 is 1.96 bits per heavy atom. The summed E-state index contributed by atoms with van der Waals surface area (Å²) in [5.74, 6) is 0.527. The van der Waals surface area contributed by atoms with Gasteiger partial charge in [-0.1, -0.05) is 12.1 Å². The predicted octanol–water partition coefficient (Wildman–Crippen LogP) is 1.37. The fraction of sp³-hybridized carbons (Fsp3) is 0.500. The largest absolute Gasteiger partial charge is 0.378 e. The minimum atomic E-state index is -0.114. The van der Waals surface area contributed by atoms with E-state index >= 15 is 0 Å². The van der Waals surface area contributed by atoms with Crippen molar-refractivity contribution >= 4 is 11.5 Å². The van der Waals surface area contributed by atoms with Crippen molar-refractivity contribution in [1.29, 1.82) is 0 Å². The molecule has 27 heavy (non-hydrogen) atoms. The number of aromatic amines is 1. The van der Waals surface area contributed by atoms with Crippen LogP contribution in [0.2, 0.25) is 0 Å². The molecule has 2 aliphatic heterocycles. The second-order valence-corrected chi connectivity index (χ2v) is 7.17. The highest BCUT2D eigenvalue weighted by molar-refractivity contribution is 5.48. The molecular formula is C20H27N5O2. The molecule has 2 aromatic rings. The Bertz CT molecular complexity index is 785. The summed E-state index contributed by atoms with van der Waals surface area (Å²) >= 11 is 0. The summed E-state index contributed by atoms with van der Waals surface area (Å²) in [4.78, 5) is 23.4. The average Bonchev–Trinajstić information content (AvgIpc) is 2.74. The molecule has 0 radical (unpaired) electrons. The molecule has 1 aromatic heterocycles. The second-order valence-electron chi connectivity index (χ2n) is 7.17. The average molecular weight is 369 g/mol. The van der Waals surface area contributed by atoms with Gasteiger partial charge in [-0.15, -0.1) is 0 Å². The van der Waals surface area contributed by atoms with Crippen LogP contribution in [0.5, 0.6) is 0 Å². The summed E-state index contributed by atoms with van der Waals surface area (Å²) in [5.41, 5.74) is 2.43. The van der Waals surface area contributed by atoms with Crippen molar-refractivity contribution in [3.05, 3.63) is 52.6 Å². The van der Waals surface area contributed by atoms with Gasteiger partial charge in [0.25, 0.3) is 5.56 Å². The third-order valence-corrected chi connectivity index (χ3v) is 5.32. The standard InChI is InChI=1S/C20H27N5O2/c26-20-19(21-7-8-22-20)25-9-1-2-17(15-25)23-14-16-3-5-18(6-4-16)24-10-12-27-13-11-24/h3-8,17,23H,1-2,9-15H2,(H,22,26)/t17-/m0/s1. The van der Waals surface area contributed by atoms with Gasteiger partial charge in [0.15, 0.2) is 5.82 Å². The van der Waals surface area contributed by atoms with Crippen LogP contribution in [-0.4, -0.2) is 55.4 Å². The van der Waals surface area contributed by atoms with Gasteiger partial charge in [-0.25, -0.2) is 4.98 Å². The first kappa shape index (κ1) is 18.0. The van der Waals surface area contributed by atoms with Crippen LogP contribution < -0.4 is 20.7 Å². The zero-order chi connectivity index (χ0) is 18.5. The Morgan fingerprint density at radius 3 is 2.74 bits per heavy atom. The number of piperidine rings is 1. The monoisotopic (exact) mass is 369 g/mol. The number of hydrogen-bond donors (Lipinski definition) is 2. The topological polar surface area (TPSA) is 73.5 Å². The van der Waals surface area contributed by atoms with E-state index < -0.39 is 0 Å². The fourth-order valence-corrected chi connectivity index (χ4v) is 3.81. The molecule has 0 bridgehead atoms. The molecule has 7 heteroatoms. The number of aromatic nitrogens is 2. The van der Waals surface area contributed by atoms with Gasteiger partial charge in [-0.2, -0.15) is 0 Å². The molecule has 2 saturated heterocycles. The van der Waals surface area contributed by atoms with Gasteiger partial charge in [0, 0.05) is 56.8 Å². The summed E-state index contributed by atoms with van der Waals surface area (Å²) in [6.45, 7) is 6.06. The molecule has 0 unspecified atom stereocenters. The lowest BCUT2D eigenvalue weighted by atomic mass is 10.1. The van der Waals surface area contributed by atoms with E-state index in [9.17, 15) is 4.79 Å². The van der Waals surface area contributed by atoms with E-state index in [0.717, 1.165) is 58.8 Å². The molecule has 2 aliphatic rings. The zero-order valence-electron chi connectivity index (χ0n) is 15.6. The molecular weight excluding hydrogens is 342 g/mol. The van der Waals surface area contributed by atoms with Gasteiger partial charge < -0.3 is 24.8 Å². The van der Waals surface area contributed by atoms with E-state index in [-0.39, 0.29) is 5.56 Å². The lowest BCUT2D eigenvalue weighted by molar-refractivity contribution is 0.122. The van der Waals surface area contributed by atoms with Gasteiger partial charge in [0.05, 0.1) is 13.2 Å². The quantitative estimate of drug-likeness (QED) is 0.829. The van der Waals surface area contributed by atoms with Gasteiger partial charge in [-0.3, -0.25) is 4.79 Å². The molecule has 1 aromatic carbocycles. The van der Waals surface area contributed by atoms with Gasteiger partial charge in [0.1, 0.15) is 0 Å². The van der Waals surface area contributed by atoms with Crippen molar-refractivity contribution in [3.8, 4) is 0 Å². The van der Waals surface area contributed by atoms with E-state index in [1.165, 1.54) is 11.3 Å². The van der Waals surface area contributed by atoms with E-state index in [1.54, 1.807) is 12.4 Å². The van der Waals surface area contributed by atoms with Crippen LogP contribution in [0.25, 0.3) is 0 Å². The van der Waals surface area contributed by atoms with Gasteiger partial charge >= 0.3 is 0 Å². The molecule has 0 spiro atoms. The van der Waals surface area contributed by atoms with Crippen LogP contribution in [-0.2, 0) is 11.3 Å². The molecule has 0 aliphatic carbocycles. The van der Waals surface area contributed by atoms with Crippen LogP contribution in [0.1, 0.15) is 18.4 Å². The molecule has 0 amide bonds. The predicted molar refractivity (Wildman–Crippen MR) is 106 cm³/mol. The minimum Gasteiger partial charge on any atom is -0.378 e. The molecule has 2 N–H and O–H groups in total. The Hall–Kier alpha value is -2.38. The zero-order valence-corrected chi connectivity index (χ0v) is 15.6. The molecule has 0 saturated carbocycles. The first-order valence-electron chi connectivity index (χ1n) is 9.73. The van der Waals surface area contributed by atoms with E-state index in [2.05, 4.69) is 49.4 Å². The second kappa shape index (κ2) is 8.54. The lowest BCUT2D eigenvalue weighted by Crippen LogP contribution is -2.47. The SMILES string of the molecule is O=c1[nH]ccnc1N1CCC[C@H](NCc2ccc(N3CCOCC3)cc2)C1. The number of nitrogens with one attached hydrogen (secondary N) is 2. The maximum atomic E-state index is 12.0. The highest BCUT2D eigenvalue weighted by atomic mass is 16.5. The fourth-order valence-electron chi connectivity index (χ4n) is 3.81. The van der Waals surface area contributed by atoms with Crippen molar-refractivity contribution in [2.75, 3.05) is 49.2 Å². The number of hydrogen-bond acceptors (Lipinski definition) is 6. The molecule has 2 fully saturated rings. The maximum Gasteiger partial charge on any atom is 0.290 e. The van der Waals surface area contributed by atoms with Crippen LogP contribution in [0.15, 0.2) is 41.5 Å². The first-order chi connectivity index (χ1) is 13.3. The third kappa shape index (κ3) is 4.48. The highest BCUT2D eigenvalue weighted by Gasteiger charge is 2.22. The Kier molecular flexibility index (Phi) is 5.69. The third-order valence-electron chi connectivity index (χ3n) is 5.32. The number of H-pyrrole nitrogens is 1. The van der Waals surface area contributed by atoms with Crippen molar-refractivity contribution < 1.29 is 4.74 Å². The van der Waals surface area contributed by atoms with Crippen LogP contribution in [0.4, 0.5) is 11.5 Å². The number of nitrogens with zero attached hydrogens (tertiary/aromatic N) is 3. The Labute approximate surface area is 159 Å².